The fourth-order valence-corrected chi connectivity index (χ4v) is 2.24. The Morgan fingerprint density at radius 2 is 2.06 bits per heavy atom. The number of aliphatic hydroxyl groups is 1. The lowest BCUT2D eigenvalue weighted by atomic mass is 10.0. The maximum Gasteiger partial charge on any atom is 0.0526 e. The second-order valence-corrected chi connectivity index (χ2v) is 5.36. The maximum absolute atomic E-state index is 9.37. The monoisotopic (exact) mass is 270 g/mol. The first-order valence-electron chi connectivity index (χ1n) is 6.34. The fraction of sp³-hybridized carbons (Fsp3) is 0.571. The molecule has 4 heteroatoms. The van der Waals surface area contributed by atoms with Gasteiger partial charge in [-0.3, -0.25) is 0 Å². The van der Waals surface area contributed by atoms with Gasteiger partial charge in [-0.15, -0.1) is 0 Å². The van der Waals surface area contributed by atoms with E-state index in [1.807, 2.05) is 32.0 Å². The van der Waals surface area contributed by atoms with Crippen molar-refractivity contribution < 1.29 is 5.11 Å². The van der Waals surface area contributed by atoms with Crippen molar-refractivity contribution in [1.82, 2.24) is 5.32 Å². The zero-order chi connectivity index (χ0) is 13.7. The van der Waals surface area contributed by atoms with Gasteiger partial charge in [0, 0.05) is 23.7 Å². The molecule has 3 nitrogen and oxygen atoms in total. The van der Waals surface area contributed by atoms with Crippen LogP contribution < -0.4 is 11.1 Å². The van der Waals surface area contributed by atoms with Crippen LogP contribution in [0.5, 0.6) is 0 Å². The lowest BCUT2D eigenvalue weighted by Crippen LogP contribution is -2.36. The van der Waals surface area contributed by atoms with Crippen molar-refractivity contribution in [3.8, 4) is 0 Å². The van der Waals surface area contributed by atoms with Gasteiger partial charge in [0.15, 0.2) is 0 Å². The van der Waals surface area contributed by atoms with Crippen LogP contribution in [0, 0.1) is 6.92 Å². The molecule has 102 valence electrons. The first-order chi connectivity index (χ1) is 8.43. The van der Waals surface area contributed by atoms with Crippen molar-refractivity contribution in [1.29, 1.82) is 0 Å². The summed E-state index contributed by atoms with van der Waals surface area (Å²) in [6, 6.07) is 6.27. The summed E-state index contributed by atoms with van der Waals surface area (Å²) in [6.07, 6.45) is 0.392. The van der Waals surface area contributed by atoms with Gasteiger partial charge in [0.1, 0.15) is 0 Å². The van der Waals surface area contributed by atoms with E-state index in [9.17, 15) is 5.11 Å². The summed E-state index contributed by atoms with van der Waals surface area (Å²) < 4.78 is 0. The quantitative estimate of drug-likeness (QED) is 0.744. The Morgan fingerprint density at radius 1 is 1.39 bits per heavy atom. The minimum atomic E-state index is -0.312. The van der Waals surface area contributed by atoms with Crippen molar-refractivity contribution in [2.24, 2.45) is 5.73 Å². The highest BCUT2D eigenvalue weighted by Gasteiger charge is 2.14. The average Bonchev–Trinajstić information content (AvgIpc) is 2.29. The summed E-state index contributed by atoms with van der Waals surface area (Å²) >= 11 is 6.13. The molecule has 0 amide bonds. The summed E-state index contributed by atoms with van der Waals surface area (Å²) in [5.74, 6) is 0. The molecule has 0 heterocycles. The molecule has 0 aliphatic rings. The minimum Gasteiger partial charge on any atom is -0.393 e. The number of hydrogen-bond donors (Lipinski definition) is 3. The molecular weight excluding hydrogens is 248 g/mol. The number of rotatable bonds is 6. The predicted molar refractivity (Wildman–Crippen MR) is 76.9 cm³/mol. The van der Waals surface area contributed by atoms with E-state index >= 15 is 0 Å². The lowest BCUT2D eigenvalue weighted by Gasteiger charge is -2.23. The van der Waals surface area contributed by atoms with Crippen molar-refractivity contribution in [3.05, 3.63) is 34.3 Å². The standard InChI is InChI=1S/C14H23ClN2O/c1-9-4-5-12(7-13(9)15)14(8-16)17-10(2)6-11(3)18/h4-5,7,10-11,14,17-18H,6,8,16H2,1-3H3. The zero-order valence-corrected chi connectivity index (χ0v) is 12.0. The molecular formula is C14H23ClN2O. The topological polar surface area (TPSA) is 58.3 Å². The molecule has 0 aromatic heterocycles. The Kier molecular flexibility index (Phi) is 6.09. The molecule has 3 atom stereocenters. The number of hydrogen-bond acceptors (Lipinski definition) is 3. The number of aryl methyl sites for hydroxylation is 1. The number of aliphatic hydroxyl groups excluding tert-OH is 1. The largest absolute Gasteiger partial charge is 0.393 e. The molecule has 0 saturated heterocycles. The summed E-state index contributed by atoms with van der Waals surface area (Å²) in [6.45, 7) is 6.32. The Hall–Kier alpha value is -0.610. The third-order valence-electron chi connectivity index (χ3n) is 3.01. The highest BCUT2D eigenvalue weighted by molar-refractivity contribution is 6.31. The van der Waals surface area contributed by atoms with E-state index in [2.05, 4.69) is 5.32 Å². The van der Waals surface area contributed by atoms with Gasteiger partial charge in [0.2, 0.25) is 0 Å². The summed E-state index contributed by atoms with van der Waals surface area (Å²) in [5, 5.41) is 13.5. The highest BCUT2D eigenvalue weighted by atomic mass is 35.5. The molecule has 0 saturated carbocycles. The Labute approximate surface area is 114 Å². The summed E-state index contributed by atoms with van der Waals surface area (Å²) in [7, 11) is 0. The highest BCUT2D eigenvalue weighted by Crippen LogP contribution is 2.21. The predicted octanol–water partition coefficient (Wildman–Crippen LogP) is 2.40. The number of nitrogens with two attached hydrogens (primary N) is 1. The van der Waals surface area contributed by atoms with Crippen LogP contribution >= 0.6 is 11.6 Å². The van der Waals surface area contributed by atoms with Gasteiger partial charge < -0.3 is 16.2 Å². The summed E-state index contributed by atoms with van der Waals surface area (Å²) in [5.41, 5.74) is 7.96. The molecule has 4 N–H and O–H groups in total. The Morgan fingerprint density at radius 3 is 2.56 bits per heavy atom. The molecule has 1 aromatic rings. The van der Waals surface area contributed by atoms with Gasteiger partial charge in [0.25, 0.3) is 0 Å². The van der Waals surface area contributed by atoms with Crippen molar-refractivity contribution >= 4 is 11.6 Å². The average molecular weight is 271 g/mol. The molecule has 0 aliphatic heterocycles. The summed E-state index contributed by atoms with van der Waals surface area (Å²) in [4.78, 5) is 0. The van der Waals surface area contributed by atoms with Gasteiger partial charge in [-0.1, -0.05) is 23.7 Å². The van der Waals surface area contributed by atoms with E-state index in [0.717, 1.165) is 16.1 Å². The molecule has 0 aliphatic carbocycles. The molecule has 0 bridgehead atoms. The number of benzene rings is 1. The molecule has 0 radical (unpaired) electrons. The lowest BCUT2D eigenvalue weighted by molar-refractivity contribution is 0.168. The molecule has 1 aromatic carbocycles. The van der Waals surface area contributed by atoms with Crippen LogP contribution in [0.1, 0.15) is 37.4 Å². The van der Waals surface area contributed by atoms with Crippen molar-refractivity contribution in [2.45, 2.75) is 45.4 Å². The van der Waals surface area contributed by atoms with Gasteiger partial charge in [0.05, 0.1) is 6.10 Å². The van der Waals surface area contributed by atoms with E-state index in [-0.39, 0.29) is 18.2 Å². The molecule has 0 spiro atoms. The second kappa shape index (κ2) is 7.10. The van der Waals surface area contributed by atoms with E-state index in [1.165, 1.54) is 0 Å². The van der Waals surface area contributed by atoms with Crippen LogP contribution in [0.3, 0.4) is 0 Å². The van der Waals surface area contributed by atoms with Crippen LogP contribution in [0.2, 0.25) is 5.02 Å². The van der Waals surface area contributed by atoms with Crippen LogP contribution in [-0.4, -0.2) is 23.8 Å². The third kappa shape index (κ3) is 4.58. The molecule has 3 unspecified atom stereocenters. The van der Waals surface area contributed by atoms with E-state index in [4.69, 9.17) is 17.3 Å². The van der Waals surface area contributed by atoms with Crippen LogP contribution in [0.15, 0.2) is 18.2 Å². The van der Waals surface area contributed by atoms with Gasteiger partial charge >= 0.3 is 0 Å². The SMILES string of the molecule is Cc1ccc(C(CN)NC(C)CC(C)O)cc1Cl. The van der Waals surface area contributed by atoms with E-state index in [0.29, 0.717) is 13.0 Å². The van der Waals surface area contributed by atoms with E-state index in [1.54, 1.807) is 6.92 Å². The van der Waals surface area contributed by atoms with Gasteiger partial charge in [-0.05, 0) is 44.4 Å². The van der Waals surface area contributed by atoms with E-state index < -0.39 is 0 Å². The van der Waals surface area contributed by atoms with Gasteiger partial charge in [-0.25, -0.2) is 0 Å². The van der Waals surface area contributed by atoms with Crippen LogP contribution in [0.25, 0.3) is 0 Å². The van der Waals surface area contributed by atoms with Crippen molar-refractivity contribution in [3.63, 3.8) is 0 Å². The Balaban J connectivity index is 2.73. The first-order valence-corrected chi connectivity index (χ1v) is 6.72. The first kappa shape index (κ1) is 15.4. The van der Waals surface area contributed by atoms with Crippen molar-refractivity contribution in [2.75, 3.05) is 6.54 Å². The molecule has 1 rings (SSSR count). The normalized spacial score (nSPS) is 16.3. The molecule has 18 heavy (non-hydrogen) atoms. The Bertz CT molecular complexity index is 382. The fourth-order valence-electron chi connectivity index (χ4n) is 2.05. The molecule has 0 fully saturated rings. The third-order valence-corrected chi connectivity index (χ3v) is 3.42. The van der Waals surface area contributed by atoms with Crippen LogP contribution in [0.4, 0.5) is 0 Å². The minimum absolute atomic E-state index is 0.0665. The number of nitrogens with one attached hydrogen (secondary N) is 1. The van der Waals surface area contributed by atoms with Crippen LogP contribution in [-0.2, 0) is 0 Å². The zero-order valence-electron chi connectivity index (χ0n) is 11.3. The second-order valence-electron chi connectivity index (χ2n) is 4.95. The number of halogens is 1. The maximum atomic E-state index is 9.37. The smallest absolute Gasteiger partial charge is 0.0526 e. The van der Waals surface area contributed by atoms with Gasteiger partial charge in [-0.2, -0.15) is 0 Å².